The van der Waals surface area contributed by atoms with Gasteiger partial charge in [-0.25, -0.2) is 0 Å². The van der Waals surface area contributed by atoms with Crippen LogP contribution in [-0.2, 0) is 4.79 Å². The lowest BCUT2D eigenvalue weighted by atomic mass is 10.2. The number of aryl methyl sites for hydroxylation is 1. The van der Waals surface area contributed by atoms with Gasteiger partial charge in [-0.1, -0.05) is 6.07 Å². The SMILES string of the molecule is COc1ccc(NCC(=O)Nc2cccc3nsnc23)c(C)c1. The van der Waals surface area contributed by atoms with Crippen LogP contribution in [-0.4, -0.2) is 28.3 Å². The summed E-state index contributed by atoms with van der Waals surface area (Å²) < 4.78 is 13.5. The number of carbonyl (C=O) groups is 1. The maximum absolute atomic E-state index is 12.1. The van der Waals surface area contributed by atoms with Crippen molar-refractivity contribution in [1.82, 2.24) is 8.75 Å². The van der Waals surface area contributed by atoms with Crippen LogP contribution in [0.5, 0.6) is 5.75 Å². The number of nitrogens with one attached hydrogen (secondary N) is 2. The normalized spacial score (nSPS) is 10.5. The highest BCUT2D eigenvalue weighted by Crippen LogP contribution is 2.22. The second-order valence-electron chi connectivity index (χ2n) is 5.02. The number of anilines is 2. The van der Waals surface area contributed by atoms with Crippen molar-refractivity contribution in [3.63, 3.8) is 0 Å². The molecule has 118 valence electrons. The van der Waals surface area contributed by atoms with Crippen molar-refractivity contribution in [2.75, 3.05) is 24.3 Å². The molecule has 3 rings (SSSR count). The van der Waals surface area contributed by atoms with E-state index >= 15 is 0 Å². The zero-order valence-electron chi connectivity index (χ0n) is 12.8. The standard InChI is InChI=1S/C16H16N4O2S/c1-10-8-11(22-2)6-7-12(10)17-9-15(21)18-13-4-3-5-14-16(13)20-23-19-14/h3-8,17H,9H2,1-2H3,(H,18,21). The monoisotopic (exact) mass is 328 g/mol. The topological polar surface area (TPSA) is 76.1 Å². The maximum Gasteiger partial charge on any atom is 0.243 e. The Morgan fingerprint density at radius 1 is 1.22 bits per heavy atom. The molecule has 0 unspecified atom stereocenters. The highest BCUT2D eigenvalue weighted by atomic mass is 32.1. The molecule has 0 aliphatic carbocycles. The van der Waals surface area contributed by atoms with Gasteiger partial charge in [0.15, 0.2) is 0 Å². The van der Waals surface area contributed by atoms with Gasteiger partial charge in [0, 0.05) is 5.69 Å². The van der Waals surface area contributed by atoms with Crippen LogP contribution in [0, 0.1) is 6.92 Å². The Balaban J connectivity index is 1.65. The average molecular weight is 328 g/mol. The molecule has 0 saturated heterocycles. The molecule has 0 atom stereocenters. The minimum atomic E-state index is -0.138. The number of carbonyl (C=O) groups excluding carboxylic acids is 1. The first-order valence-corrected chi connectivity index (χ1v) is 7.80. The lowest BCUT2D eigenvalue weighted by Gasteiger charge is -2.11. The summed E-state index contributed by atoms with van der Waals surface area (Å²) in [7, 11) is 1.63. The number of fused-ring (bicyclic) bond motifs is 1. The number of ether oxygens (including phenoxy) is 1. The molecule has 0 bridgehead atoms. The van der Waals surface area contributed by atoms with E-state index in [0.717, 1.165) is 34.2 Å². The van der Waals surface area contributed by atoms with Gasteiger partial charge in [0.2, 0.25) is 5.91 Å². The average Bonchev–Trinajstić information content (AvgIpc) is 3.03. The van der Waals surface area contributed by atoms with E-state index < -0.39 is 0 Å². The third-order valence-electron chi connectivity index (χ3n) is 3.43. The largest absolute Gasteiger partial charge is 0.497 e. The predicted molar refractivity (Wildman–Crippen MR) is 92.3 cm³/mol. The molecule has 7 heteroatoms. The Bertz CT molecular complexity index is 847. The van der Waals surface area contributed by atoms with Gasteiger partial charge in [0.1, 0.15) is 16.8 Å². The Hall–Kier alpha value is -2.67. The van der Waals surface area contributed by atoms with Crippen LogP contribution in [0.4, 0.5) is 11.4 Å². The molecule has 0 aliphatic heterocycles. The Kier molecular flexibility index (Phi) is 4.38. The first-order chi connectivity index (χ1) is 11.2. The van der Waals surface area contributed by atoms with Crippen LogP contribution in [0.2, 0.25) is 0 Å². The van der Waals surface area contributed by atoms with Gasteiger partial charge in [0.25, 0.3) is 0 Å². The van der Waals surface area contributed by atoms with E-state index in [1.165, 1.54) is 0 Å². The second-order valence-corrected chi connectivity index (χ2v) is 5.55. The third kappa shape index (κ3) is 3.40. The Morgan fingerprint density at radius 3 is 2.87 bits per heavy atom. The van der Waals surface area contributed by atoms with E-state index in [0.29, 0.717) is 11.2 Å². The van der Waals surface area contributed by atoms with Crippen molar-refractivity contribution in [3.05, 3.63) is 42.0 Å². The van der Waals surface area contributed by atoms with Crippen molar-refractivity contribution in [2.24, 2.45) is 0 Å². The van der Waals surface area contributed by atoms with Crippen LogP contribution in [0.3, 0.4) is 0 Å². The van der Waals surface area contributed by atoms with Crippen molar-refractivity contribution in [2.45, 2.75) is 6.92 Å². The van der Waals surface area contributed by atoms with Gasteiger partial charge < -0.3 is 15.4 Å². The van der Waals surface area contributed by atoms with Gasteiger partial charge in [-0.3, -0.25) is 4.79 Å². The summed E-state index contributed by atoms with van der Waals surface area (Å²) in [6.45, 7) is 2.13. The van der Waals surface area contributed by atoms with Gasteiger partial charge >= 0.3 is 0 Å². The Labute approximate surface area is 137 Å². The predicted octanol–water partition coefficient (Wildman–Crippen LogP) is 3.06. The highest BCUT2D eigenvalue weighted by molar-refractivity contribution is 7.00. The lowest BCUT2D eigenvalue weighted by molar-refractivity contribution is -0.114. The molecule has 0 aliphatic rings. The molecule has 0 fully saturated rings. The van der Waals surface area contributed by atoms with Crippen molar-refractivity contribution in [3.8, 4) is 5.75 Å². The number of hydrogen-bond acceptors (Lipinski definition) is 6. The summed E-state index contributed by atoms with van der Waals surface area (Å²) in [5, 5.41) is 5.99. The molecule has 3 aromatic rings. The van der Waals surface area contributed by atoms with E-state index in [2.05, 4.69) is 19.4 Å². The van der Waals surface area contributed by atoms with E-state index in [4.69, 9.17) is 4.74 Å². The number of aromatic nitrogens is 2. The van der Waals surface area contributed by atoms with Crippen molar-refractivity contribution < 1.29 is 9.53 Å². The van der Waals surface area contributed by atoms with Gasteiger partial charge in [-0.05, 0) is 42.8 Å². The van der Waals surface area contributed by atoms with Crippen molar-refractivity contribution in [1.29, 1.82) is 0 Å². The van der Waals surface area contributed by atoms with Crippen LogP contribution in [0.15, 0.2) is 36.4 Å². The first-order valence-electron chi connectivity index (χ1n) is 7.07. The van der Waals surface area contributed by atoms with Crippen LogP contribution >= 0.6 is 11.7 Å². The molecule has 1 aromatic heterocycles. The summed E-state index contributed by atoms with van der Waals surface area (Å²) in [5.41, 5.74) is 4.09. The minimum Gasteiger partial charge on any atom is -0.497 e. The quantitative estimate of drug-likeness (QED) is 0.753. The molecular weight excluding hydrogens is 312 g/mol. The number of nitrogens with zero attached hydrogens (tertiary/aromatic N) is 2. The van der Waals surface area contributed by atoms with Gasteiger partial charge in [-0.15, -0.1) is 0 Å². The van der Waals surface area contributed by atoms with E-state index in [-0.39, 0.29) is 12.5 Å². The number of benzene rings is 2. The second kappa shape index (κ2) is 6.62. The number of hydrogen-bond donors (Lipinski definition) is 2. The minimum absolute atomic E-state index is 0.138. The van der Waals surface area contributed by atoms with Gasteiger partial charge in [0.05, 0.1) is 31.1 Å². The van der Waals surface area contributed by atoms with Crippen LogP contribution < -0.4 is 15.4 Å². The lowest BCUT2D eigenvalue weighted by Crippen LogP contribution is -2.22. The maximum atomic E-state index is 12.1. The first kappa shape index (κ1) is 15.2. The summed E-state index contributed by atoms with van der Waals surface area (Å²) in [6, 6.07) is 11.2. The fraction of sp³-hybridized carbons (Fsp3) is 0.188. The molecule has 0 saturated carbocycles. The summed E-state index contributed by atoms with van der Waals surface area (Å²) >= 11 is 1.13. The van der Waals surface area contributed by atoms with Crippen molar-refractivity contribution >= 4 is 40.0 Å². The third-order valence-corrected chi connectivity index (χ3v) is 3.98. The molecule has 1 amide bonds. The number of methoxy groups -OCH3 is 1. The molecule has 6 nitrogen and oxygen atoms in total. The zero-order chi connectivity index (χ0) is 16.2. The molecule has 0 radical (unpaired) electrons. The highest BCUT2D eigenvalue weighted by Gasteiger charge is 2.09. The Morgan fingerprint density at radius 2 is 2.09 bits per heavy atom. The van der Waals surface area contributed by atoms with Crippen LogP contribution in [0.25, 0.3) is 11.0 Å². The van der Waals surface area contributed by atoms with E-state index in [1.807, 2.05) is 43.3 Å². The number of rotatable bonds is 5. The number of amides is 1. The molecule has 1 heterocycles. The summed E-state index contributed by atoms with van der Waals surface area (Å²) in [4.78, 5) is 12.1. The fourth-order valence-corrected chi connectivity index (χ4v) is 2.79. The van der Waals surface area contributed by atoms with E-state index in [9.17, 15) is 4.79 Å². The summed E-state index contributed by atoms with van der Waals surface area (Å²) in [5.74, 6) is 0.654. The zero-order valence-corrected chi connectivity index (χ0v) is 13.6. The van der Waals surface area contributed by atoms with E-state index in [1.54, 1.807) is 7.11 Å². The van der Waals surface area contributed by atoms with Gasteiger partial charge in [-0.2, -0.15) is 8.75 Å². The van der Waals surface area contributed by atoms with Crippen LogP contribution in [0.1, 0.15) is 5.56 Å². The molecule has 2 N–H and O–H groups in total. The fourth-order valence-electron chi connectivity index (χ4n) is 2.24. The molecule has 23 heavy (non-hydrogen) atoms. The smallest absolute Gasteiger partial charge is 0.243 e. The molecule has 2 aromatic carbocycles. The molecular formula is C16H16N4O2S. The molecule has 0 spiro atoms. The summed E-state index contributed by atoms with van der Waals surface area (Å²) in [6.07, 6.45) is 0.